The van der Waals surface area contributed by atoms with Crippen LogP contribution < -0.4 is 10.2 Å². The van der Waals surface area contributed by atoms with Crippen LogP contribution in [0.25, 0.3) is 0 Å². The molecule has 9 heteroatoms. The van der Waals surface area contributed by atoms with E-state index in [-0.39, 0.29) is 19.1 Å². The fourth-order valence-electron chi connectivity index (χ4n) is 7.57. The van der Waals surface area contributed by atoms with E-state index in [1.165, 1.54) is 167 Å². The van der Waals surface area contributed by atoms with Crippen molar-refractivity contribution in [1.29, 1.82) is 0 Å². The number of nitrogens with one attached hydrogen (secondary N) is 1. The first-order valence-electron chi connectivity index (χ1n) is 26.5. The summed E-state index contributed by atoms with van der Waals surface area (Å²) in [6.45, 7) is 4.64. The molecule has 63 heavy (non-hydrogen) atoms. The first-order chi connectivity index (χ1) is 30.5. The van der Waals surface area contributed by atoms with Gasteiger partial charge in [-0.2, -0.15) is 0 Å². The van der Waals surface area contributed by atoms with E-state index < -0.39 is 20.0 Å². The molecule has 0 radical (unpaired) electrons. The van der Waals surface area contributed by atoms with Gasteiger partial charge in [0.05, 0.1) is 39.9 Å². The van der Waals surface area contributed by atoms with Gasteiger partial charge >= 0.3 is 0 Å². The third kappa shape index (κ3) is 48.2. The summed E-state index contributed by atoms with van der Waals surface area (Å²) in [4.78, 5) is 25.4. The van der Waals surface area contributed by atoms with E-state index in [2.05, 4.69) is 55.6 Å². The molecule has 0 saturated carbocycles. The maximum Gasteiger partial charge on any atom is 0.268 e. The lowest BCUT2D eigenvalue weighted by atomic mass is 10.0. The van der Waals surface area contributed by atoms with Gasteiger partial charge in [0.25, 0.3) is 7.82 Å². The molecule has 1 amide bonds. The minimum Gasteiger partial charge on any atom is -0.756 e. The average Bonchev–Trinajstić information content (AvgIpc) is 3.24. The van der Waals surface area contributed by atoms with Gasteiger partial charge in [0.1, 0.15) is 13.2 Å². The number of unbranched alkanes of at least 4 members (excludes halogenated alkanes) is 29. The summed E-state index contributed by atoms with van der Waals surface area (Å²) < 4.78 is 23.3. The Labute approximate surface area is 390 Å². The monoisotopic (exact) mass is 907 g/mol. The van der Waals surface area contributed by atoms with Crippen LogP contribution in [-0.4, -0.2) is 68.5 Å². The highest BCUT2D eigenvalue weighted by molar-refractivity contribution is 7.45. The predicted octanol–water partition coefficient (Wildman–Crippen LogP) is 15.0. The number of hydrogen-bond acceptors (Lipinski definition) is 6. The Morgan fingerprint density at radius 1 is 0.556 bits per heavy atom. The molecule has 0 aromatic carbocycles. The minimum absolute atomic E-state index is 0.00264. The molecule has 0 aliphatic heterocycles. The number of likely N-dealkylation sites (N-methyl/N-ethyl adjacent to an activating group) is 1. The smallest absolute Gasteiger partial charge is 0.268 e. The van der Waals surface area contributed by atoms with Crippen LogP contribution in [-0.2, 0) is 18.4 Å². The predicted molar refractivity (Wildman–Crippen MR) is 270 cm³/mol. The summed E-state index contributed by atoms with van der Waals surface area (Å²) in [5.74, 6) is -0.201. The zero-order valence-electron chi connectivity index (χ0n) is 42.0. The molecule has 0 aromatic rings. The second kappa shape index (κ2) is 45.6. The molecule has 0 spiro atoms. The van der Waals surface area contributed by atoms with Crippen LogP contribution in [0.2, 0.25) is 0 Å². The van der Waals surface area contributed by atoms with Crippen molar-refractivity contribution in [3.63, 3.8) is 0 Å². The van der Waals surface area contributed by atoms with Gasteiger partial charge in [-0.3, -0.25) is 9.36 Å². The number of aliphatic hydroxyl groups is 1. The number of carbonyl (C=O) groups is 1. The number of nitrogens with zero attached hydrogens (tertiary/aromatic N) is 1. The van der Waals surface area contributed by atoms with Crippen molar-refractivity contribution < 1.29 is 32.9 Å². The molecule has 3 unspecified atom stereocenters. The summed E-state index contributed by atoms with van der Waals surface area (Å²) in [6.07, 6.45) is 58.8. The van der Waals surface area contributed by atoms with Crippen LogP contribution in [0.5, 0.6) is 0 Å². The number of amides is 1. The van der Waals surface area contributed by atoms with Gasteiger partial charge in [-0.25, -0.2) is 0 Å². The number of quaternary nitrogens is 1. The first kappa shape index (κ1) is 61.5. The van der Waals surface area contributed by atoms with E-state index in [1.807, 2.05) is 27.2 Å². The van der Waals surface area contributed by atoms with E-state index in [9.17, 15) is 19.4 Å². The Morgan fingerprint density at radius 2 is 0.921 bits per heavy atom. The largest absolute Gasteiger partial charge is 0.756 e. The summed E-state index contributed by atoms with van der Waals surface area (Å²) in [5, 5.41) is 13.8. The molecular weight excluding hydrogens is 804 g/mol. The van der Waals surface area contributed by atoms with Gasteiger partial charge in [-0.05, 0) is 57.8 Å². The highest BCUT2D eigenvalue weighted by Gasteiger charge is 2.23. The van der Waals surface area contributed by atoms with Crippen molar-refractivity contribution in [2.24, 2.45) is 0 Å². The fraction of sp³-hybridized carbons (Fsp3) is 0.833. The van der Waals surface area contributed by atoms with Gasteiger partial charge in [0.15, 0.2) is 0 Å². The summed E-state index contributed by atoms with van der Waals surface area (Å²) in [5.41, 5.74) is 0. The molecule has 370 valence electrons. The molecule has 0 aliphatic rings. The molecule has 0 aliphatic carbocycles. The highest BCUT2D eigenvalue weighted by Crippen LogP contribution is 2.38. The molecule has 0 fully saturated rings. The van der Waals surface area contributed by atoms with Gasteiger partial charge in [-0.1, -0.05) is 223 Å². The molecule has 0 aromatic heterocycles. The number of aliphatic hydroxyl groups excluding tert-OH is 1. The number of phosphoric ester groups is 1. The van der Waals surface area contributed by atoms with E-state index in [0.717, 1.165) is 51.4 Å². The molecule has 3 atom stereocenters. The van der Waals surface area contributed by atoms with Gasteiger partial charge in [-0.15, -0.1) is 0 Å². The lowest BCUT2D eigenvalue weighted by Gasteiger charge is -2.29. The zero-order valence-corrected chi connectivity index (χ0v) is 42.9. The Bertz CT molecular complexity index is 1170. The number of carbonyl (C=O) groups excluding carboxylic acids is 1. The molecule has 0 rings (SSSR count). The van der Waals surface area contributed by atoms with Crippen molar-refractivity contribution in [3.05, 3.63) is 48.6 Å². The van der Waals surface area contributed by atoms with Gasteiger partial charge < -0.3 is 28.8 Å². The number of rotatable bonds is 48. The number of phosphoric acid groups is 1. The summed E-state index contributed by atoms with van der Waals surface area (Å²) in [7, 11) is 1.26. The molecular formula is C54H103N2O6P. The van der Waals surface area contributed by atoms with Gasteiger partial charge in [0, 0.05) is 6.42 Å². The maximum atomic E-state index is 12.9. The van der Waals surface area contributed by atoms with Crippen LogP contribution in [0, 0.1) is 0 Å². The molecule has 8 nitrogen and oxygen atoms in total. The van der Waals surface area contributed by atoms with E-state index >= 15 is 0 Å². The molecule has 0 saturated heterocycles. The van der Waals surface area contributed by atoms with Crippen LogP contribution in [0.1, 0.15) is 239 Å². The summed E-state index contributed by atoms with van der Waals surface area (Å²) in [6, 6.07) is -0.889. The Morgan fingerprint density at radius 3 is 1.33 bits per heavy atom. The van der Waals surface area contributed by atoms with E-state index in [1.54, 1.807) is 6.08 Å². The number of allylic oxidation sites excluding steroid dienone is 7. The van der Waals surface area contributed by atoms with Crippen molar-refractivity contribution in [2.75, 3.05) is 40.9 Å². The lowest BCUT2D eigenvalue weighted by molar-refractivity contribution is -0.870. The summed E-state index contributed by atoms with van der Waals surface area (Å²) >= 11 is 0. The van der Waals surface area contributed by atoms with E-state index in [4.69, 9.17) is 9.05 Å². The topological polar surface area (TPSA) is 108 Å². The fourth-order valence-corrected chi connectivity index (χ4v) is 8.29. The van der Waals surface area contributed by atoms with Crippen LogP contribution in [0.15, 0.2) is 48.6 Å². The van der Waals surface area contributed by atoms with Crippen molar-refractivity contribution in [2.45, 2.75) is 251 Å². The third-order valence-electron chi connectivity index (χ3n) is 11.8. The van der Waals surface area contributed by atoms with Crippen LogP contribution in [0.3, 0.4) is 0 Å². The van der Waals surface area contributed by atoms with Crippen molar-refractivity contribution in [3.8, 4) is 0 Å². The minimum atomic E-state index is -4.59. The zero-order chi connectivity index (χ0) is 46.4. The molecule has 0 bridgehead atoms. The van der Waals surface area contributed by atoms with Crippen LogP contribution >= 0.6 is 7.82 Å². The van der Waals surface area contributed by atoms with E-state index in [0.29, 0.717) is 17.4 Å². The van der Waals surface area contributed by atoms with Crippen LogP contribution in [0.4, 0.5) is 0 Å². The molecule has 0 heterocycles. The maximum absolute atomic E-state index is 12.9. The van der Waals surface area contributed by atoms with Crippen molar-refractivity contribution in [1.82, 2.24) is 5.32 Å². The highest BCUT2D eigenvalue weighted by atomic mass is 31.2. The van der Waals surface area contributed by atoms with Gasteiger partial charge in [0.2, 0.25) is 5.91 Å². The third-order valence-corrected chi connectivity index (χ3v) is 12.7. The lowest BCUT2D eigenvalue weighted by Crippen LogP contribution is -2.45. The SMILES string of the molecule is CCCCCCC/C=C\C/C=C\C/C=C\CCCCCCCCCCCCC(=O)NC(COP(=O)([O-])OCC[N+](C)(C)C)C(O)/C=C/CCCCCCCCCCCCCCCC. The standard InChI is InChI=1S/C54H103N2O6P/c1-6-8-10-12-14-16-18-20-22-24-25-26-27-28-29-30-31-32-34-36-38-40-42-44-46-48-54(58)55-52(51-62-63(59,60)61-50-49-56(3,4)5)53(57)47-45-43-41-39-37-35-33-23-21-19-17-15-13-11-9-7-2/h18,20,24-25,27-28,45,47,52-53,57H,6-17,19,21-23,26,29-44,46,48-51H2,1-5H3,(H-,55,58,59,60)/b20-18-,25-24-,28-27-,47-45+. The van der Waals surface area contributed by atoms with Crippen molar-refractivity contribution >= 4 is 13.7 Å². The normalized spacial score (nSPS) is 14.5. The second-order valence-electron chi connectivity index (χ2n) is 19.2. The Balaban J connectivity index is 4.26. The second-order valence-corrected chi connectivity index (χ2v) is 20.6. The first-order valence-corrected chi connectivity index (χ1v) is 28.0. The number of hydrogen-bond donors (Lipinski definition) is 2. The quantitative estimate of drug-likeness (QED) is 0.0272. The Kier molecular flexibility index (Phi) is 44.5. The average molecular weight is 907 g/mol. The Hall–Kier alpha value is -1.54. The molecule has 2 N–H and O–H groups in total.